The standard InChI is InChI=1S/C19H32ClN/c1-5-16(6-2)11-18(14-21-13-15(3)4)12-17-7-9-19(20)10-8-17/h7-10,15-16,18,21H,5-6,11-14H2,1-4H3. The van der Waals surface area contributed by atoms with Crippen molar-refractivity contribution in [1.82, 2.24) is 5.32 Å². The maximum absolute atomic E-state index is 5.98. The minimum absolute atomic E-state index is 0.717. The molecule has 1 unspecified atom stereocenters. The highest BCUT2D eigenvalue weighted by molar-refractivity contribution is 6.30. The van der Waals surface area contributed by atoms with Crippen molar-refractivity contribution in [2.24, 2.45) is 17.8 Å². The molecule has 1 atom stereocenters. The maximum atomic E-state index is 5.98. The zero-order chi connectivity index (χ0) is 15.7. The van der Waals surface area contributed by atoms with Gasteiger partial charge in [-0.15, -0.1) is 0 Å². The predicted octanol–water partition coefficient (Wildman–Crippen LogP) is 5.57. The fourth-order valence-corrected chi connectivity index (χ4v) is 2.99. The molecule has 0 saturated heterocycles. The van der Waals surface area contributed by atoms with Crippen molar-refractivity contribution in [3.8, 4) is 0 Å². The van der Waals surface area contributed by atoms with Crippen LogP contribution < -0.4 is 5.32 Å². The summed E-state index contributed by atoms with van der Waals surface area (Å²) >= 11 is 5.98. The Labute approximate surface area is 136 Å². The third-order valence-electron chi connectivity index (χ3n) is 4.24. The van der Waals surface area contributed by atoms with Crippen LogP contribution in [0.1, 0.15) is 52.5 Å². The molecule has 1 rings (SSSR count). The first-order valence-corrected chi connectivity index (χ1v) is 8.88. The third-order valence-corrected chi connectivity index (χ3v) is 4.50. The Balaban J connectivity index is 2.59. The molecule has 2 heteroatoms. The summed E-state index contributed by atoms with van der Waals surface area (Å²) in [5.74, 6) is 2.28. The third kappa shape index (κ3) is 7.87. The highest BCUT2D eigenvalue weighted by Gasteiger charge is 2.15. The Morgan fingerprint density at radius 1 is 0.952 bits per heavy atom. The molecule has 1 nitrogen and oxygen atoms in total. The second-order valence-electron chi connectivity index (χ2n) is 6.67. The molecule has 1 aromatic carbocycles. The van der Waals surface area contributed by atoms with Gasteiger partial charge >= 0.3 is 0 Å². The van der Waals surface area contributed by atoms with E-state index in [4.69, 9.17) is 11.6 Å². The molecule has 0 aliphatic carbocycles. The van der Waals surface area contributed by atoms with Crippen LogP contribution >= 0.6 is 11.6 Å². The van der Waals surface area contributed by atoms with Gasteiger partial charge in [-0.3, -0.25) is 0 Å². The van der Waals surface area contributed by atoms with E-state index in [0.29, 0.717) is 5.92 Å². The van der Waals surface area contributed by atoms with Crippen LogP contribution in [0.2, 0.25) is 5.02 Å². The minimum Gasteiger partial charge on any atom is -0.316 e. The topological polar surface area (TPSA) is 12.0 Å². The highest BCUT2D eigenvalue weighted by atomic mass is 35.5. The van der Waals surface area contributed by atoms with E-state index in [-0.39, 0.29) is 0 Å². The van der Waals surface area contributed by atoms with Gasteiger partial charge in [-0.05, 0) is 61.4 Å². The molecule has 0 amide bonds. The summed E-state index contributed by atoms with van der Waals surface area (Å²) in [6.45, 7) is 11.4. The van der Waals surface area contributed by atoms with Crippen LogP contribution in [0.15, 0.2) is 24.3 Å². The number of benzene rings is 1. The van der Waals surface area contributed by atoms with Gasteiger partial charge in [0, 0.05) is 5.02 Å². The molecular formula is C19H32ClN. The molecule has 0 aliphatic heterocycles. The molecule has 0 spiro atoms. The van der Waals surface area contributed by atoms with E-state index in [1.807, 2.05) is 12.1 Å². The molecule has 1 N–H and O–H groups in total. The Morgan fingerprint density at radius 3 is 2.10 bits per heavy atom. The van der Waals surface area contributed by atoms with Crippen LogP contribution in [0.25, 0.3) is 0 Å². The predicted molar refractivity (Wildman–Crippen MR) is 95.0 cm³/mol. The Morgan fingerprint density at radius 2 is 1.57 bits per heavy atom. The first kappa shape index (κ1) is 18.5. The van der Waals surface area contributed by atoms with Gasteiger partial charge in [-0.25, -0.2) is 0 Å². The normalized spacial score (nSPS) is 13.1. The van der Waals surface area contributed by atoms with Gasteiger partial charge in [0.25, 0.3) is 0 Å². The number of halogens is 1. The summed E-state index contributed by atoms with van der Waals surface area (Å²) in [5.41, 5.74) is 1.40. The highest BCUT2D eigenvalue weighted by Crippen LogP contribution is 2.22. The van der Waals surface area contributed by atoms with Crippen LogP contribution in [-0.4, -0.2) is 13.1 Å². The molecule has 0 saturated carbocycles. The van der Waals surface area contributed by atoms with Crippen molar-refractivity contribution in [3.05, 3.63) is 34.9 Å². The van der Waals surface area contributed by atoms with Crippen LogP contribution in [0.3, 0.4) is 0 Å². The zero-order valence-corrected chi connectivity index (χ0v) is 14.9. The minimum atomic E-state index is 0.717. The molecule has 0 radical (unpaired) electrons. The van der Waals surface area contributed by atoms with Gasteiger partial charge in [0.15, 0.2) is 0 Å². The lowest BCUT2D eigenvalue weighted by Crippen LogP contribution is -2.28. The lowest BCUT2D eigenvalue weighted by atomic mass is 9.86. The van der Waals surface area contributed by atoms with Crippen LogP contribution in [0.5, 0.6) is 0 Å². The molecule has 21 heavy (non-hydrogen) atoms. The zero-order valence-electron chi connectivity index (χ0n) is 14.2. The van der Waals surface area contributed by atoms with Gasteiger partial charge in [0.2, 0.25) is 0 Å². The smallest absolute Gasteiger partial charge is 0.0406 e. The second kappa shape index (κ2) is 10.2. The van der Waals surface area contributed by atoms with E-state index in [9.17, 15) is 0 Å². The van der Waals surface area contributed by atoms with Gasteiger partial charge in [-0.2, -0.15) is 0 Å². The summed E-state index contributed by atoms with van der Waals surface area (Å²) < 4.78 is 0. The van der Waals surface area contributed by atoms with E-state index in [2.05, 4.69) is 45.1 Å². The second-order valence-corrected chi connectivity index (χ2v) is 7.10. The first-order chi connectivity index (χ1) is 10.0. The summed E-state index contributed by atoms with van der Waals surface area (Å²) in [6.07, 6.45) is 5.05. The van der Waals surface area contributed by atoms with Crippen molar-refractivity contribution in [1.29, 1.82) is 0 Å². The SMILES string of the molecule is CCC(CC)CC(CNCC(C)C)Cc1ccc(Cl)cc1. The van der Waals surface area contributed by atoms with Crippen LogP contribution in [-0.2, 0) is 6.42 Å². The maximum Gasteiger partial charge on any atom is 0.0406 e. The molecule has 0 aliphatic rings. The van der Waals surface area contributed by atoms with E-state index in [1.165, 1.54) is 24.8 Å². The number of rotatable bonds is 10. The van der Waals surface area contributed by atoms with Crippen molar-refractivity contribution in [2.45, 2.75) is 53.4 Å². The van der Waals surface area contributed by atoms with Crippen LogP contribution in [0, 0.1) is 17.8 Å². The number of hydrogen-bond acceptors (Lipinski definition) is 1. The molecule has 0 aromatic heterocycles. The monoisotopic (exact) mass is 309 g/mol. The number of nitrogens with one attached hydrogen (secondary N) is 1. The summed E-state index contributed by atoms with van der Waals surface area (Å²) in [7, 11) is 0. The lowest BCUT2D eigenvalue weighted by Gasteiger charge is -2.23. The lowest BCUT2D eigenvalue weighted by molar-refractivity contribution is 0.333. The first-order valence-electron chi connectivity index (χ1n) is 8.50. The van der Waals surface area contributed by atoms with E-state index < -0.39 is 0 Å². The molecule has 0 bridgehead atoms. The quantitative estimate of drug-likeness (QED) is 0.595. The van der Waals surface area contributed by atoms with Crippen molar-refractivity contribution < 1.29 is 0 Å². The van der Waals surface area contributed by atoms with E-state index in [1.54, 1.807) is 0 Å². The Hall–Kier alpha value is -0.530. The summed E-state index contributed by atoms with van der Waals surface area (Å²) in [4.78, 5) is 0. The molecule has 1 aromatic rings. The molecule has 0 heterocycles. The van der Waals surface area contributed by atoms with Crippen molar-refractivity contribution >= 4 is 11.6 Å². The fraction of sp³-hybridized carbons (Fsp3) is 0.684. The average Bonchev–Trinajstić information content (AvgIpc) is 2.46. The van der Waals surface area contributed by atoms with Crippen LogP contribution in [0.4, 0.5) is 0 Å². The van der Waals surface area contributed by atoms with Crippen molar-refractivity contribution in [3.63, 3.8) is 0 Å². The van der Waals surface area contributed by atoms with Crippen molar-refractivity contribution in [2.75, 3.05) is 13.1 Å². The fourth-order valence-electron chi connectivity index (χ4n) is 2.86. The Kier molecular flexibility index (Phi) is 9.03. The van der Waals surface area contributed by atoms with Gasteiger partial charge < -0.3 is 5.32 Å². The average molecular weight is 310 g/mol. The molecule has 120 valence electrons. The Bertz CT molecular complexity index is 368. The number of hydrogen-bond donors (Lipinski definition) is 1. The van der Waals surface area contributed by atoms with Gasteiger partial charge in [-0.1, -0.05) is 64.3 Å². The largest absolute Gasteiger partial charge is 0.316 e. The van der Waals surface area contributed by atoms with Gasteiger partial charge in [0.05, 0.1) is 0 Å². The van der Waals surface area contributed by atoms with Gasteiger partial charge in [0.1, 0.15) is 0 Å². The van der Waals surface area contributed by atoms with E-state index in [0.717, 1.165) is 36.4 Å². The summed E-state index contributed by atoms with van der Waals surface area (Å²) in [5, 5.41) is 4.47. The summed E-state index contributed by atoms with van der Waals surface area (Å²) in [6, 6.07) is 8.36. The molecular weight excluding hydrogens is 278 g/mol. The molecule has 0 fully saturated rings. The van der Waals surface area contributed by atoms with E-state index >= 15 is 0 Å².